The molecule has 0 saturated heterocycles. The molecule has 6 aromatic rings. The van der Waals surface area contributed by atoms with E-state index in [2.05, 4.69) is 39.1 Å². The first kappa shape index (κ1) is 21.8. The van der Waals surface area contributed by atoms with Crippen molar-refractivity contribution in [2.75, 3.05) is 0 Å². The van der Waals surface area contributed by atoms with Crippen LogP contribution >= 0.6 is 27.5 Å². The van der Waals surface area contributed by atoms with Crippen molar-refractivity contribution in [2.24, 2.45) is 0 Å². The van der Waals surface area contributed by atoms with Gasteiger partial charge in [0.1, 0.15) is 0 Å². The van der Waals surface area contributed by atoms with Crippen LogP contribution in [-0.2, 0) is 0 Å². The molecule has 0 aliphatic rings. The predicted molar refractivity (Wildman–Crippen MR) is 149 cm³/mol. The van der Waals surface area contributed by atoms with Crippen LogP contribution in [0.2, 0.25) is 5.02 Å². The zero-order valence-corrected chi connectivity index (χ0v) is 20.8. The second-order valence-electron chi connectivity index (χ2n) is 8.34. The van der Waals surface area contributed by atoms with Crippen molar-refractivity contribution in [2.45, 2.75) is 0 Å². The van der Waals surface area contributed by atoms with Crippen LogP contribution in [0.15, 0.2) is 112 Å². The lowest BCUT2D eigenvalue weighted by Gasteiger charge is -2.15. The molecule has 2 aromatic heterocycles. The van der Waals surface area contributed by atoms with Crippen LogP contribution in [0, 0.1) is 0 Å². The van der Waals surface area contributed by atoms with E-state index < -0.39 is 0 Å². The highest BCUT2D eigenvalue weighted by Crippen LogP contribution is 2.38. The minimum absolute atomic E-state index is 0.207. The van der Waals surface area contributed by atoms with E-state index in [-0.39, 0.29) is 5.56 Å². The molecule has 0 saturated carbocycles. The average Bonchev–Trinajstić information content (AvgIpc) is 2.88. The Labute approximate surface area is 215 Å². The molecular weight excluding hydrogens is 520 g/mol. The minimum atomic E-state index is -0.207. The second-order valence-corrected chi connectivity index (χ2v) is 9.69. The van der Waals surface area contributed by atoms with Crippen LogP contribution in [0.3, 0.4) is 0 Å². The Kier molecular flexibility index (Phi) is 5.48. The number of hydrogen-bond donors (Lipinski definition) is 1. The molecule has 0 unspecified atom stereocenters. The maximum absolute atomic E-state index is 13.6. The zero-order valence-electron chi connectivity index (χ0n) is 18.4. The van der Waals surface area contributed by atoms with E-state index in [1.807, 2.05) is 78.9 Å². The summed E-state index contributed by atoms with van der Waals surface area (Å²) in [6.07, 6.45) is 0. The Balaban J connectivity index is 1.75. The Morgan fingerprint density at radius 2 is 1.43 bits per heavy atom. The van der Waals surface area contributed by atoms with Crippen LogP contribution in [-0.4, -0.2) is 9.97 Å². The van der Waals surface area contributed by atoms with E-state index in [4.69, 9.17) is 16.6 Å². The van der Waals surface area contributed by atoms with E-state index >= 15 is 0 Å². The zero-order chi connectivity index (χ0) is 23.9. The highest BCUT2D eigenvalue weighted by atomic mass is 79.9. The van der Waals surface area contributed by atoms with Gasteiger partial charge in [0.25, 0.3) is 5.56 Å². The summed E-state index contributed by atoms with van der Waals surface area (Å²) in [5.74, 6) is 0. The maximum Gasteiger partial charge on any atom is 0.258 e. The fraction of sp³-hybridized carbons (Fsp3) is 0. The van der Waals surface area contributed by atoms with Crippen molar-refractivity contribution in [3.63, 3.8) is 0 Å². The summed E-state index contributed by atoms with van der Waals surface area (Å²) in [6, 6.07) is 33.7. The molecule has 0 atom stereocenters. The van der Waals surface area contributed by atoms with Crippen LogP contribution < -0.4 is 5.56 Å². The number of rotatable bonds is 3. The second kappa shape index (κ2) is 8.81. The number of H-pyrrole nitrogens is 1. The first-order chi connectivity index (χ1) is 17.1. The smallest absolute Gasteiger partial charge is 0.258 e. The molecule has 6 rings (SSSR count). The summed E-state index contributed by atoms with van der Waals surface area (Å²) in [4.78, 5) is 21.6. The highest BCUT2D eigenvalue weighted by Gasteiger charge is 2.20. The fourth-order valence-corrected chi connectivity index (χ4v) is 5.14. The number of pyridine rings is 2. The third-order valence-corrected chi connectivity index (χ3v) is 6.88. The molecule has 0 bridgehead atoms. The Hall–Kier alpha value is -3.73. The van der Waals surface area contributed by atoms with Gasteiger partial charge in [-0.3, -0.25) is 4.79 Å². The van der Waals surface area contributed by atoms with E-state index in [1.165, 1.54) is 0 Å². The third-order valence-electron chi connectivity index (χ3n) is 6.15. The molecule has 3 nitrogen and oxygen atoms in total. The van der Waals surface area contributed by atoms with E-state index in [1.54, 1.807) is 6.07 Å². The van der Waals surface area contributed by atoms with Crippen LogP contribution in [0.5, 0.6) is 0 Å². The van der Waals surface area contributed by atoms with Gasteiger partial charge in [-0.2, -0.15) is 0 Å². The molecule has 0 spiro atoms. The Morgan fingerprint density at radius 3 is 2.17 bits per heavy atom. The molecule has 1 N–H and O–H groups in total. The summed E-state index contributed by atoms with van der Waals surface area (Å²) >= 11 is 9.85. The Bertz CT molecular complexity index is 1780. The number of nitrogens with zero attached hydrogens (tertiary/aromatic N) is 1. The summed E-state index contributed by atoms with van der Waals surface area (Å²) in [6.45, 7) is 0. The predicted octanol–water partition coefficient (Wildman–Crippen LogP) is 8.49. The van der Waals surface area contributed by atoms with Crippen molar-refractivity contribution < 1.29 is 0 Å². The number of aromatic nitrogens is 2. The van der Waals surface area contributed by atoms with Gasteiger partial charge in [-0.15, -0.1) is 0 Å². The first-order valence-electron chi connectivity index (χ1n) is 11.2. The molecular formula is C30H18BrClN2O. The normalized spacial score (nSPS) is 11.3. The molecule has 168 valence electrons. The summed E-state index contributed by atoms with van der Waals surface area (Å²) in [5, 5.41) is 2.49. The summed E-state index contributed by atoms with van der Waals surface area (Å²) in [5.41, 5.74) is 6.32. The standard InChI is InChI=1S/C30H18BrClN2O/c31-20-11-14-25-24(15-20)23(18-7-3-1-4-8-18)17-27(33-25)29-28(19-9-5-2-6-10-19)22-13-12-21(32)16-26(22)34-30(29)35/h1-17H,(H,34,35). The first-order valence-corrected chi connectivity index (χ1v) is 12.3. The molecule has 5 heteroatoms. The van der Waals surface area contributed by atoms with Crippen LogP contribution in [0.25, 0.3) is 55.3 Å². The number of fused-ring (bicyclic) bond motifs is 2. The highest BCUT2D eigenvalue weighted by molar-refractivity contribution is 9.10. The average molecular weight is 538 g/mol. The number of benzene rings is 4. The van der Waals surface area contributed by atoms with Gasteiger partial charge in [-0.05, 0) is 53.1 Å². The number of nitrogens with one attached hydrogen (secondary N) is 1. The third kappa shape index (κ3) is 3.95. The van der Waals surface area contributed by atoms with Gasteiger partial charge in [0.05, 0.1) is 22.3 Å². The van der Waals surface area contributed by atoms with E-state index in [0.29, 0.717) is 21.8 Å². The largest absolute Gasteiger partial charge is 0.321 e. The minimum Gasteiger partial charge on any atom is -0.321 e. The fourth-order valence-electron chi connectivity index (χ4n) is 4.60. The van der Waals surface area contributed by atoms with Gasteiger partial charge in [-0.25, -0.2) is 4.98 Å². The van der Waals surface area contributed by atoms with Crippen molar-refractivity contribution in [1.82, 2.24) is 9.97 Å². The molecule has 0 aliphatic carbocycles. The Morgan fingerprint density at radius 1 is 0.714 bits per heavy atom. The van der Waals surface area contributed by atoms with Crippen molar-refractivity contribution >= 4 is 49.3 Å². The van der Waals surface area contributed by atoms with E-state index in [0.717, 1.165) is 43.0 Å². The molecule has 4 aromatic carbocycles. The van der Waals surface area contributed by atoms with Gasteiger partial charge >= 0.3 is 0 Å². The van der Waals surface area contributed by atoms with Gasteiger partial charge in [-0.1, -0.05) is 94.3 Å². The lowest BCUT2D eigenvalue weighted by Crippen LogP contribution is -2.12. The van der Waals surface area contributed by atoms with Crippen LogP contribution in [0.4, 0.5) is 0 Å². The van der Waals surface area contributed by atoms with Crippen molar-refractivity contribution in [3.8, 4) is 33.5 Å². The molecule has 35 heavy (non-hydrogen) atoms. The van der Waals surface area contributed by atoms with E-state index in [9.17, 15) is 4.79 Å². The van der Waals surface area contributed by atoms with Crippen molar-refractivity contribution in [3.05, 3.63) is 123 Å². The molecule has 0 amide bonds. The monoisotopic (exact) mass is 536 g/mol. The summed E-state index contributed by atoms with van der Waals surface area (Å²) in [7, 11) is 0. The summed E-state index contributed by atoms with van der Waals surface area (Å²) < 4.78 is 0.974. The molecule has 0 radical (unpaired) electrons. The number of halogens is 2. The van der Waals surface area contributed by atoms with Gasteiger partial charge < -0.3 is 4.98 Å². The van der Waals surface area contributed by atoms with Crippen LogP contribution in [0.1, 0.15) is 0 Å². The topological polar surface area (TPSA) is 45.8 Å². The quantitative estimate of drug-likeness (QED) is 0.246. The maximum atomic E-state index is 13.6. The SMILES string of the molecule is O=c1[nH]c2cc(Cl)ccc2c(-c2ccccc2)c1-c1cc(-c2ccccc2)c2cc(Br)ccc2n1. The number of aromatic amines is 1. The number of hydrogen-bond acceptors (Lipinski definition) is 2. The molecule has 0 fully saturated rings. The van der Waals surface area contributed by atoms with Gasteiger partial charge in [0, 0.05) is 25.8 Å². The lowest BCUT2D eigenvalue weighted by molar-refractivity contribution is 1.28. The molecule has 0 aliphatic heterocycles. The van der Waals surface area contributed by atoms with Gasteiger partial charge in [0.15, 0.2) is 0 Å². The van der Waals surface area contributed by atoms with Gasteiger partial charge in [0.2, 0.25) is 0 Å². The molecule has 2 heterocycles. The van der Waals surface area contributed by atoms with Crippen molar-refractivity contribution in [1.29, 1.82) is 0 Å². The lowest BCUT2D eigenvalue weighted by atomic mass is 9.92.